The van der Waals surface area contributed by atoms with Gasteiger partial charge in [-0.2, -0.15) is 0 Å². The largest absolute Gasteiger partial charge is 0.496 e. The summed E-state index contributed by atoms with van der Waals surface area (Å²) in [6.45, 7) is 2.50. The number of nitrogens with one attached hydrogen (secondary N) is 3. The van der Waals surface area contributed by atoms with E-state index < -0.39 is 0 Å². The molecule has 1 saturated carbocycles. The van der Waals surface area contributed by atoms with E-state index in [9.17, 15) is 9.59 Å². The highest BCUT2D eigenvalue weighted by atomic mass is 16.5. The summed E-state index contributed by atoms with van der Waals surface area (Å²) >= 11 is 0. The number of amides is 3. The number of carbonyl (C=O) groups excluding carboxylic acids is 2. The molecule has 4 rings (SSSR count). The minimum Gasteiger partial charge on any atom is -0.496 e. The molecule has 2 aromatic carbocycles. The zero-order chi connectivity index (χ0) is 21.6. The molecule has 1 aliphatic heterocycles. The van der Waals surface area contributed by atoms with Gasteiger partial charge in [0.25, 0.3) is 5.91 Å². The summed E-state index contributed by atoms with van der Waals surface area (Å²) in [5, 5.41) is 8.82. The normalized spacial score (nSPS) is 17.1. The number of urea groups is 1. The maximum absolute atomic E-state index is 12.5. The molecule has 7 heteroatoms. The quantitative estimate of drug-likeness (QED) is 0.608. The molecular formula is C24H30N4O3. The molecule has 2 fully saturated rings. The van der Waals surface area contributed by atoms with Gasteiger partial charge in [0, 0.05) is 29.4 Å². The number of para-hydroxylation sites is 1. The van der Waals surface area contributed by atoms with Gasteiger partial charge in [0.1, 0.15) is 5.75 Å². The lowest BCUT2D eigenvalue weighted by molar-refractivity contribution is 0.0951. The number of hydrogen-bond donors (Lipinski definition) is 3. The zero-order valence-electron chi connectivity index (χ0n) is 17.9. The SMILES string of the molecule is COc1ccccc1C(CNC(=O)Nc1ccc(C(=O)NC2CC2)cc1)N1CCCC1. The highest BCUT2D eigenvalue weighted by Gasteiger charge is 2.26. The smallest absolute Gasteiger partial charge is 0.319 e. The van der Waals surface area contributed by atoms with Crippen molar-refractivity contribution in [3.63, 3.8) is 0 Å². The van der Waals surface area contributed by atoms with E-state index in [-0.39, 0.29) is 18.0 Å². The fourth-order valence-corrected chi connectivity index (χ4v) is 4.00. The molecule has 164 valence electrons. The van der Waals surface area contributed by atoms with Crippen LogP contribution in [-0.4, -0.2) is 49.6 Å². The van der Waals surface area contributed by atoms with Gasteiger partial charge >= 0.3 is 6.03 Å². The van der Waals surface area contributed by atoms with Crippen LogP contribution in [0.3, 0.4) is 0 Å². The Morgan fingerprint density at radius 2 is 1.77 bits per heavy atom. The van der Waals surface area contributed by atoms with Crippen molar-refractivity contribution in [2.75, 3.05) is 32.1 Å². The van der Waals surface area contributed by atoms with Gasteiger partial charge in [0.2, 0.25) is 0 Å². The fraction of sp³-hybridized carbons (Fsp3) is 0.417. The third kappa shape index (κ3) is 5.55. The number of carbonyl (C=O) groups is 2. The van der Waals surface area contributed by atoms with E-state index in [1.165, 1.54) is 12.8 Å². The molecule has 1 heterocycles. The van der Waals surface area contributed by atoms with Crippen molar-refractivity contribution < 1.29 is 14.3 Å². The zero-order valence-corrected chi connectivity index (χ0v) is 17.9. The summed E-state index contributed by atoms with van der Waals surface area (Å²) < 4.78 is 5.56. The number of ether oxygens (including phenoxy) is 1. The average Bonchev–Trinajstić information content (AvgIpc) is 3.44. The number of likely N-dealkylation sites (tertiary alicyclic amines) is 1. The van der Waals surface area contributed by atoms with E-state index in [2.05, 4.69) is 26.9 Å². The van der Waals surface area contributed by atoms with Crippen molar-refractivity contribution >= 4 is 17.6 Å². The topological polar surface area (TPSA) is 82.7 Å². The molecule has 3 amide bonds. The number of benzene rings is 2. The molecule has 1 saturated heterocycles. The lowest BCUT2D eigenvalue weighted by atomic mass is 10.0. The van der Waals surface area contributed by atoms with E-state index in [1.54, 1.807) is 31.4 Å². The maximum atomic E-state index is 12.5. The van der Waals surface area contributed by atoms with Crippen molar-refractivity contribution in [3.05, 3.63) is 59.7 Å². The maximum Gasteiger partial charge on any atom is 0.319 e. The third-order valence-electron chi connectivity index (χ3n) is 5.85. The number of anilines is 1. The average molecular weight is 423 g/mol. The van der Waals surface area contributed by atoms with Gasteiger partial charge in [-0.15, -0.1) is 0 Å². The molecule has 3 N–H and O–H groups in total. The molecular weight excluding hydrogens is 392 g/mol. The van der Waals surface area contributed by atoms with Crippen LogP contribution in [0.2, 0.25) is 0 Å². The van der Waals surface area contributed by atoms with Gasteiger partial charge in [-0.3, -0.25) is 9.69 Å². The Balaban J connectivity index is 1.35. The van der Waals surface area contributed by atoms with Crippen LogP contribution in [0.15, 0.2) is 48.5 Å². The van der Waals surface area contributed by atoms with Gasteiger partial charge in [-0.25, -0.2) is 4.79 Å². The molecule has 0 aromatic heterocycles. The van der Waals surface area contributed by atoms with Crippen LogP contribution in [0, 0.1) is 0 Å². The van der Waals surface area contributed by atoms with Gasteiger partial charge < -0.3 is 20.7 Å². The second-order valence-corrected chi connectivity index (χ2v) is 8.16. The Kier molecular flexibility index (Phi) is 6.72. The lowest BCUT2D eigenvalue weighted by Crippen LogP contribution is -2.38. The van der Waals surface area contributed by atoms with Crippen LogP contribution in [0.5, 0.6) is 5.75 Å². The van der Waals surface area contributed by atoms with Crippen LogP contribution < -0.4 is 20.7 Å². The molecule has 0 radical (unpaired) electrons. The summed E-state index contributed by atoms with van der Waals surface area (Å²) in [5.41, 5.74) is 2.33. The Morgan fingerprint density at radius 1 is 1.06 bits per heavy atom. The molecule has 1 atom stereocenters. The first-order valence-electron chi connectivity index (χ1n) is 11.0. The molecule has 7 nitrogen and oxygen atoms in total. The molecule has 31 heavy (non-hydrogen) atoms. The summed E-state index contributed by atoms with van der Waals surface area (Å²) in [6, 6.07) is 15.0. The highest BCUT2D eigenvalue weighted by molar-refractivity contribution is 5.95. The van der Waals surface area contributed by atoms with E-state index in [1.807, 2.05) is 18.2 Å². The summed E-state index contributed by atoms with van der Waals surface area (Å²) in [7, 11) is 1.68. The minimum absolute atomic E-state index is 0.0536. The van der Waals surface area contributed by atoms with Crippen molar-refractivity contribution in [2.45, 2.75) is 37.8 Å². The molecule has 1 unspecified atom stereocenters. The van der Waals surface area contributed by atoms with E-state index in [0.29, 0.717) is 23.8 Å². The summed E-state index contributed by atoms with van der Waals surface area (Å²) in [5.74, 6) is 0.769. The molecule has 1 aliphatic carbocycles. The van der Waals surface area contributed by atoms with Crippen LogP contribution in [0.4, 0.5) is 10.5 Å². The van der Waals surface area contributed by atoms with Crippen LogP contribution in [-0.2, 0) is 0 Å². The number of hydrogen-bond acceptors (Lipinski definition) is 4. The van der Waals surface area contributed by atoms with Gasteiger partial charge in [0.05, 0.1) is 13.2 Å². The van der Waals surface area contributed by atoms with Crippen LogP contribution >= 0.6 is 0 Å². The fourth-order valence-electron chi connectivity index (χ4n) is 4.00. The van der Waals surface area contributed by atoms with E-state index >= 15 is 0 Å². The highest BCUT2D eigenvalue weighted by Crippen LogP contribution is 2.31. The molecule has 2 aromatic rings. The number of nitrogens with zero attached hydrogens (tertiary/aromatic N) is 1. The van der Waals surface area contributed by atoms with Gasteiger partial charge in [-0.05, 0) is 69.1 Å². The number of methoxy groups -OCH3 is 1. The number of rotatable bonds is 8. The predicted molar refractivity (Wildman–Crippen MR) is 120 cm³/mol. The van der Waals surface area contributed by atoms with Crippen molar-refractivity contribution in [2.24, 2.45) is 0 Å². The van der Waals surface area contributed by atoms with E-state index in [4.69, 9.17) is 4.74 Å². The monoisotopic (exact) mass is 422 g/mol. The Labute approximate surface area is 183 Å². The van der Waals surface area contributed by atoms with Gasteiger partial charge in [0.15, 0.2) is 0 Å². The first kappa shape index (κ1) is 21.2. The predicted octanol–water partition coefficient (Wildman–Crippen LogP) is 3.55. The third-order valence-corrected chi connectivity index (χ3v) is 5.85. The van der Waals surface area contributed by atoms with Crippen molar-refractivity contribution in [1.82, 2.24) is 15.5 Å². The van der Waals surface area contributed by atoms with Crippen LogP contribution in [0.25, 0.3) is 0 Å². The lowest BCUT2D eigenvalue weighted by Gasteiger charge is -2.29. The van der Waals surface area contributed by atoms with Gasteiger partial charge in [-0.1, -0.05) is 18.2 Å². The first-order chi connectivity index (χ1) is 15.1. The summed E-state index contributed by atoms with van der Waals surface area (Å²) in [4.78, 5) is 27.0. The Bertz CT molecular complexity index is 905. The second kappa shape index (κ2) is 9.83. The van der Waals surface area contributed by atoms with Crippen molar-refractivity contribution in [3.8, 4) is 5.75 Å². The van der Waals surface area contributed by atoms with Crippen molar-refractivity contribution in [1.29, 1.82) is 0 Å². The molecule has 0 bridgehead atoms. The Hall–Kier alpha value is -3.06. The van der Waals surface area contributed by atoms with E-state index in [0.717, 1.165) is 37.2 Å². The summed E-state index contributed by atoms with van der Waals surface area (Å²) in [6.07, 6.45) is 4.44. The minimum atomic E-state index is -0.269. The second-order valence-electron chi connectivity index (χ2n) is 8.16. The first-order valence-corrected chi connectivity index (χ1v) is 11.0. The Morgan fingerprint density at radius 3 is 2.45 bits per heavy atom. The molecule has 0 spiro atoms. The standard InChI is InChI=1S/C24H30N4O3/c1-31-22-7-3-2-6-20(22)21(28-14-4-5-15-28)16-25-24(30)27-19-10-8-17(9-11-19)23(29)26-18-12-13-18/h2-3,6-11,18,21H,4-5,12-16H2,1H3,(H,26,29)(H2,25,27,30). The molecule has 2 aliphatic rings. The van der Waals surface area contributed by atoms with Crippen LogP contribution in [0.1, 0.15) is 47.6 Å².